The van der Waals surface area contributed by atoms with Gasteiger partial charge in [0.2, 0.25) is 0 Å². The topological polar surface area (TPSA) is 23.8 Å². The van der Waals surface area contributed by atoms with Crippen molar-refractivity contribution < 1.29 is 8.78 Å². The van der Waals surface area contributed by atoms with Crippen molar-refractivity contribution in [2.24, 2.45) is 0 Å². The minimum absolute atomic E-state index is 0.107. The van der Waals surface area contributed by atoms with Gasteiger partial charge in [-0.15, -0.1) is 0 Å². The molecule has 0 saturated carbocycles. The van der Waals surface area contributed by atoms with E-state index in [2.05, 4.69) is 30.6 Å². The fourth-order valence-electron chi connectivity index (χ4n) is 2.04. The van der Waals surface area contributed by atoms with E-state index in [-0.39, 0.29) is 11.1 Å². The smallest absolute Gasteiger partial charge is 0.152 e. The van der Waals surface area contributed by atoms with Crippen molar-refractivity contribution >= 4 is 0 Å². The number of nitriles is 1. The molecule has 0 heterocycles. The summed E-state index contributed by atoms with van der Waals surface area (Å²) in [6.45, 7) is 2.10. The average Bonchev–Trinajstić information content (AvgIpc) is 2.54. The summed E-state index contributed by atoms with van der Waals surface area (Å²) in [5.41, 5.74) is 1.70. The van der Waals surface area contributed by atoms with Crippen LogP contribution in [0.1, 0.15) is 35.6 Å². The Morgan fingerprint density at radius 3 is 2.13 bits per heavy atom. The maximum atomic E-state index is 13.9. The average molecular weight is 305 g/mol. The summed E-state index contributed by atoms with van der Waals surface area (Å²) < 4.78 is 27.8. The lowest BCUT2D eigenvalue weighted by Crippen LogP contribution is -1.92. The van der Waals surface area contributed by atoms with E-state index in [9.17, 15) is 8.78 Å². The van der Waals surface area contributed by atoms with Gasteiger partial charge in [-0.2, -0.15) is 5.26 Å². The van der Waals surface area contributed by atoms with E-state index in [0.717, 1.165) is 25.0 Å². The minimum Gasteiger partial charge on any atom is -0.205 e. The first-order valence-corrected chi connectivity index (χ1v) is 7.14. The number of halogens is 2. The third-order valence-corrected chi connectivity index (χ3v) is 3.13. The van der Waals surface area contributed by atoms with Crippen molar-refractivity contribution in [1.82, 2.24) is 0 Å². The highest BCUT2D eigenvalue weighted by atomic mass is 19.1. The third-order valence-electron chi connectivity index (χ3n) is 3.13. The van der Waals surface area contributed by atoms with Crippen molar-refractivity contribution in [2.45, 2.75) is 19.8 Å². The normalized spacial score (nSPS) is 9.13. The Labute approximate surface area is 134 Å². The summed E-state index contributed by atoms with van der Waals surface area (Å²) in [6, 6.07) is 11.3. The van der Waals surface area contributed by atoms with Crippen LogP contribution < -0.4 is 0 Å². The van der Waals surface area contributed by atoms with Crippen molar-refractivity contribution in [2.75, 3.05) is 0 Å². The van der Waals surface area contributed by atoms with Gasteiger partial charge in [0.25, 0.3) is 0 Å². The van der Waals surface area contributed by atoms with Crippen molar-refractivity contribution in [3.8, 4) is 29.8 Å². The standard InChI is InChI=1S/C20H13F2N/c1-2-4-15-6-8-16(9-7-15)10-11-18-19(21)13-17(5-3-12-23)14-20(18)22/h6-9,13-14H,2,4H2,1H3. The number of benzene rings is 2. The Hall–Kier alpha value is -3.09. The lowest BCUT2D eigenvalue weighted by molar-refractivity contribution is 0.577. The number of hydrogen-bond donors (Lipinski definition) is 0. The molecule has 2 rings (SSSR count). The second kappa shape index (κ2) is 7.79. The third kappa shape index (κ3) is 4.44. The zero-order chi connectivity index (χ0) is 16.7. The molecule has 0 aliphatic rings. The zero-order valence-corrected chi connectivity index (χ0v) is 12.6. The molecule has 1 nitrogen and oxygen atoms in total. The van der Waals surface area contributed by atoms with Gasteiger partial charge in [0.1, 0.15) is 11.6 Å². The van der Waals surface area contributed by atoms with Gasteiger partial charge in [0, 0.05) is 17.0 Å². The Kier molecular flexibility index (Phi) is 5.51. The van der Waals surface area contributed by atoms with Gasteiger partial charge in [-0.1, -0.05) is 43.2 Å². The molecule has 0 bridgehead atoms. The first-order chi connectivity index (χ1) is 11.1. The summed E-state index contributed by atoms with van der Waals surface area (Å²) in [5, 5.41) is 8.35. The molecule has 112 valence electrons. The predicted octanol–water partition coefficient (Wildman–Crippen LogP) is 4.19. The maximum absolute atomic E-state index is 13.9. The molecule has 23 heavy (non-hydrogen) atoms. The Morgan fingerprint density at radius 1 is 0.913 bits per heavy atom. The Bertz CT molecular complexity index is 843. The zero-order valence-electron chi connectivity index (χ0n) is 12.6. The molecule has 3 heteroatoms. The molecule has 0 aromatic heterocycles. The van der Waals surface area contributed by atoms with Crippen LogP contribution in [-0.4, -0.2) is 0 Å². The van der Waals surface area contributed by atoms with E-state index in [1.807, 2.05) is 24.3 Å². The molecule has 0 atom stereocenters. The molecule has 2 aromatic rings. The number of nitrogens with zero attached hydrogens (tertiary/aromatic N) is 1. The van der Waals surface area contributed by atoms with Crippen LogP contribution in [0.2, 0.25) is 0 Å². The molecule has 0 unspecified atom stereocenters. The van der Waals surface area contributed by atoms with E-state index in [4.69, 9.17) is 5.26 Å². The van der Waals surface area contributed by atoms with Crippen LogP contribution in [0.15, 0.2) is 36.4 Å². The number of aryl methyl sites for hydroxylation is 1. The summed E-state index contributed by atoms with van der Waals surface area (Å²) in [5.74, 6) is 8.15. The second-order valence-corrected chi connectivity index (χ2v) is 4.87. The highest BCUT2D eigenvalue weighted by Crippen LogP contribution is 2.14. The summed E-state index contributed by atoms with van der Waals surface area (Å²) in [4.78, 5) is 0. The lowest BCUT2D eigenvalue weighted by atomic mass is 10.1. The largest absolute Gasteiger partial charge is 0.205 e. The number of rotatable bonds is 2. The Morgan fingerprint density at radius 2 is 1.57 bits per heavy atom. The van der Waals surface area contributed by atoms with E-state index in [1.165, 1.54) is 5.56 Å². The van der Waals surface area contributed by atoms with Gasteiger partial charge in [-0.3, -0.25) is 0 Å². The second-order valence-electron chi connectivity index (χ2n) is 4.87. The van der Waals surface area contributed by atoms with Crippen LogP contribution in [0.4, 0.5) is 8.78 Å². The van der Waals surface area contributed by atoms with Gasteiger partial charge in [-0.25, -0.2) is 8.78 Å². The van der Waals surface area contributed by atoms with Crippen LogP contribution in [0.25, 0.3) is 0 Å². The molecular formula is C20H13F2N. The monoisotopic (exact) mass is 305 g/mol. The molecule has 0 N–H and O–H groups in total. The molecule has 0 saturated heterocycles. The minimum atomic E-state index is -0.789. The first-order valence-electron chi connectivity index (χ1n) is 7.14. The first kappa shape index (κ1) is 16.3. The van der Waals surface area contributed by atoms with E-state index in [1.54, 1.807) is 6.07 Å². The molecule has 0 fully saturated rings. The molecule has 0 spiro atoms. The highest BCUT2D eigenvalue weighted by Gasteiger charge is 2.08. The summed E-state index contributed by atoms with van der Waals surface area (Å²) in [7, 11) is 0. The summed E-state index contributed by atoms with van der Waals surface area (Å²) in [6.07, 6.45) is 2.05. The molecule has 2 aromatic carbocycles. The Balaban J connectivity index is 2.29. The van der Waals surface area contributed by atoms with Crippen LogP contribution in [0.3, 0.4) is 0 Å². The molecule has 0 radical (unpaired) electrons. The van der Waals surface area contributed by atoms with E-state index < -0.39 is 11.6 Å². The van der Waals surface area contributed by atoms with E-state index >= 15 is 0 Å². The molecule has 0 aliphatic carbocycles. The van der Waals surface area contributed by atoms with Crippen molar-refractivity contribution in [3.63, 3.8) is 0 Å². The van der Waals surface area contributed by atoms with Gasteiger partial charge in [-0.05, 0) is 36.2 Å². The molecular weight excluding hydrogens is 292 g/mol. The van der Waals surface area contributed by atoms with Gasteiger partial charge in [0.05, 0.1) is 5.56 Å². The van der Waals surface area contributed by atoms with Crippen molar-refractivity contribution in [3.05, 3.63) is 70.3 Å². The molecule has 0 aliphatic heterocycles. The lowest BCUT2D eigenvalue weighted by Gasteiger charge is -1.99. The van der Waals surface area contributed by atoms with Gasteiger partial charge >= 0.3 is 0 Å². The SMILES string of the molecule is CCCc1ccc(C#Cc2c(F)cc(C#CC#N)cc2F)cc1. The molecule has 0 amide bonds. The van der Waals surface area contributed by atoms with Crippen LogP contribution in [-0.2, 0) is 6.42 Å². The number of hydrogen-bond acceptors (Lipinski definition) is 1. The van der Waals surface area contributed by atoms with Crippen molar-refractivity contribution in [1.29, 1.82) is 5.26 Å². The highest BCUT2D eigenvalue weighted by molar-refractivity contribution is 5.48. The van der Waals surface area contributed by atoms with Gasteiger partial charge < -0.3 is 0 Å². The predicted molar refractivity (Wildman–Crippen MR) is 85.3 cm³/mol. The van der Waals surface area contributed by atoms with Crippen LogP contribution >= 0.6 is 0 Å². The fourth-order valence-corrected chi connectivity index (χ4v) is 2.04. The van der Waals surface area contributed by atoms with Crippen LogP contribution in [0, 0.1) is 46.6 Å². The summed E-state index contributed by atoms with van der Waals surface area (Å²) >= 11 is 0. The quantitative estimate of drug-likeness (QED) is 0.763. The maximum Gasteiger partial charge on any atom is 0.152 e. The van der Waals surface area contributed by atoms with Crippen LogP contribution in [0.5, 0.6) is 0 Å². The van der Waals surface area contributed by atoms with E-state index in [0.29, 0.717) is 5.56 Å². The van der Waals surface area contributed by atoms with Gasteiger partial charge in [0.15, 0.2) is 6.07 Å². The fraction of sp³-hybridized carbons (Fsp3) is 0.150.